The molecule has 0 unspecified atom stereocenters. The molecule has 0 bridgehead atoms. The summed E-state index contributed by atoms with van der Waals surface area (Å²) in [6, 6.07) is 21.3. The Kier molecular flexibility index (Phi) is 9.30. The van der Waals surface area contributed by atoms with Crippen molar-refractivity contribution in [1.82, 2.24) is 10.2 Å². The lowest BCUT2D eigenvalue weighted by Crippen LogP contribution is -2.51. The Morgan fingerprint density at radius 2 is 1.65 bits per heavy atom. The van der Waals surface area contributed by atoms with Gasteiger partial charge in [-0.1, -0.05) is 48.0 Å². The molecule has 0 aliphatic heterocycles. The van der Waals surface area contributed by atoms with Gasteiger partial charge in [0.15, 0.2) is 0 Å². The number of nitrogens with one attached hydrogen (secondary N) is 1. The average molecular weight is 524 g/mol. The minimum atomic E-state index is -4.07. The summed E-state index contributed by atoms with van der Waals surface area (Å²) >= 11 is 0. The molecule has 3 rings (SSSR count). The average Bonchev–Trinajstić information content (AvgIpc) is 2.90. The van der Waals surface area contributed by atoms with Gasteiger partial charge in [-0.25, -0.2) is 8.42 Å². The number of para-hydroxylation sites is 1. The van der Waals surface area contributed by atoms with E-state index in [1.165, 1.54) is 17.0 Å². The first kappa shape index (κ1) is 27.7. The molecule has 8 nitrogen and oxygen atoms in total. The number of methoxy groups -OCH3 is 1. The Hall–Kier alpha value is -3.85. The van der Waals surface area contributed by atoms with Crippen LogP contribution in [0.4, 0.5) is 5.69 Å². The number of rotatable bonds is 11. The number of hydrogen-bond donors (Lipinski definition) is 1. The van der Waals surface area contributed by atoms with E-state index < -0.39 is 28.5 Å². The first-order valence-electron chi connectivity index (χ1n) is 12.0. The third-order valence-corrected chi connectivity index (χ3v) is 7.73. The zero-order valence-corrected chi connectivity index (χ0v) is 22.4. The van der Waals surface area contributed by atoms with Gasteiger partial charge in [0.05, 0.1) is 17.7 Å². The lowest BCUT2D eigenvalue weighted by atomic mass is 10.1. The van der Waals surface area contributed by atoms with Gasteiger partial charge in [0, 0.05) is 13.1 Å². The van der Waals surface area contributed by atoms with Crippen LogP contribution in [-0.4, -0.2) is 51.4 Å². The van der Waals surface area contributed by atoms with Crippen LogP contribution >= 0.6 is 0 Å². The van der Waals surface area contributed by atoms with E-state index in [4.69, 9.17) is 4.74 Å². The zero-order chi connectivity index (χ0) is 27.0. The summed E-state index contributed by atoms with van der Waals surface area (Å²) in [4.78, 5) is 28.0. The van der Waals surface area contributed by atoms with E-state index in [0.717, 1.165) is 15.4 Å². The summed E-state index contributed by atoms with van der Waals surface area (Å²) in [5, 5.41) is 2.75. The van der Waals surface area contributed by atoms with Crippen molar-refractivity contribution in [3.63, 3.8) is 0 Å². The van der Waals surface area contributed by atoms with E-state index in [2.05, 4.69) is 5.32 Å². The van der Waals surface area contributed by atoms with Crippen LogP contribution in [0.1, 0.15) is 25.0 Å². The number of sulfonamides is 1. The Morgan fingerprint density at radius 1 is 0.973 bits per heavy atom. The Labute approximate surface area is 218 Å². The minimum absolute atomic E-state index is 0.0749. The third kappa shape index (κ3) is 6.89. The number of aryl methyl sites for hydroxylation is 1. The first-order valence-corrected chi connectivity index (χ1v) is 13.5. The molecule has 9 heteroatoms. The Bertz CT molecular complexity index is 1310. The van der Waals surface area contributed by atoms with Crippen LogP contribution in [0, 0.1) is 6.92 Å². The van der Waals surface area contributed by atoms with Gasteiger partial charge in [-0.3, -0.25) is 13.9 Å². The molecule has 0 aliphatic carbocycles. The van der Waals surface area contributed by atoms with Crippen molar-refractivity contribution in [3.8, 4) is 5.75 Å². The van der Waals surface area contributed by atoms with Gasteiger partial charge in [0.25, 0.3) is 10.0 Å². The number of carbonyl (C=O) groups is 2. The number of benzene rings is 3. The van der Waals surface area contributed by atoms with E-state index in [9.17, 15) is 18.0 Å². The molecule has 3 aromatic rings. The molecule has 196 valence electrons. The molecule has 3 aromatic carbocycles. The fourth-order valence-electron chi connectivity index (χ4n) is 3.83. The summed E-state index contributed by atoms with van der Waals surface area (Å²) in [6.45, 7) is 5.32. The van der Waals surface area contributed by atoms with Gasteiger partial charge in [0.2, 0.25) is 11.8 Å². The standard InChI is InChI=1S/C28H33N3O5S/c1-5-29-28(33)22(3)30(19-23-10-9-13-25(18-23)36-4)27(32)20-31(24-11-7-6-8-12-24)37(34,35)26-16-14-21(2)15-17-26/h6-18,22H,5,19-20H2,1-4H3,(H,29,33)/t22-/m1/s1. The van der Waals surface area contributed by atoms with E-state index in [0.29, 0.717) is 18.0 Å². The van der Waals surface area contributed by atoms with E-state index in [1.807, 2.05) is 13.0 Å². The molecule has 0 aromatic heterocycles. The summed E-state index contributed by atoms with van der Waals surface area (Å²) < 4.78 is 33.8. The van der Waals surface area contributed by atoms with Crippen molar-refractivity contribution >= 4 is 27.5 Å². The SMILES string of the molecule is CCNC(=O)[C@@H](C)N(Cc1cccc(OC)c1)C(=O)CN(c1ccccc1)S(=O)(=O)c1ccc(C)cc1. The maximum absolute atomic E-state index is 13.8. The molecule has 0 aliphatic rings. The number of nitrogens with zero attached hydrogens (tertiary/aromatic N) is 2. The maximum atomic E-state index is 13.8. The number of likely N-dealkylation sites (N-methyl/N-ethyl adjacent to an activating group) is 1. The van der Waals surface area contributed by atoms with Crippen molar-refractivity contribution in [2.24, 2.45) is 0 Å². The highest BCUT2D eigenvalue weighted by molar-refractivity contribution is 7.92. The smallest absolute Gasteiger partial charge is 0.264 e. The number of anilines is 1. The highest BCUT2D eigenvalue weighted by Gasteiger charge is 2.32. The lowest BCUT2D eigenvalue weighted by Gasteiger charge is -2.32. The van der Waals surface area contributed by atoms with E-state index in [1.54, 1.807) is 81.6 Å². The van der Waals surface area contributed by atoms with Crippen LogP contribution in [0.2, 0.25) is 0 Å². The molecular formula is C28H33N3O5S. The quantitative estimate of drug-likeness (QED) is 0.413. The summed E-state index contributed by atoms with van der Waals surface area (Å²) in [7, 11) is -2.53. The van der Waals surface area contributed by atoms with Crippen LogP contribution in [0.25, 0.3) is 0 Å². The van der Waals surface area contributed by atoms with Crippen LogP contribution in [0.15, 0.2) is 83.8 Å². The molecule has 1 atom stereocenters. The third-order valence-electron chi connectivity index (χ3n) is 5.94. The lowest BCUT2D eigenvalue weighted by molar-refractivity contribution is -0.139. The van der Waals surface area contributed by atoms with Crippen LogP contribution in [0.3, 0.4) is 0 Å². The van der Waals surface area contributed by atoms with Gasteiger partial charge < -0.3 is 15.0 Å². The van der Waals surface area contributed by atoms with Gasteiger partial charge in [-0.05, 0) is 62.7 Å². The predicted molar refractivity (Wildman–Crippen MR) is 144 cm³/mol. The monoisotopic (exact) mass is 523 g/mol. The number of carbonyl (C=O) groups excluding carboxylic acids is 2. The van der Waals surface area contributed by atoms with Crippen molar-refractivity contribution in [2.75, 3.05) is 24.5 Å². The predicted octanol–water partition coefficient (Wildman–Crippen LogP) is 3.75. The summed E-state index contributed by atoms with van der Waals surface area (Å²) in [5.74, 6) is -0.226. The largest absolute Gasteiger partial charge is 0.497 e. The molecule has 0 heterocycles. The van der Waals surface area contributed by atoms with Crippen molar-refractivity contribution < 1.29 is 22.7 Å². The fraction of sp³-hybridized carbons (Fsp3) is 0.286. The number of ether oxygens (including phenoxy) is 1. The minimum Gasteiger partial charge on any atom is -0.497 e. The number of amides is 2. The van der Waals surface area contributed by atoms with Crippen LogP contribution in [-0.2, 0) is 26.2 Å². The van der Waals surface area contributed by atoms with Crippen molar-refractivity contribution in [3.05, 3.63) is 90.0 Å². The molecule has 0 saturated carbocycles. The van der Waals surface area contributed by atoms with Crippen molar-refractivity contribution in [2.45, 2.75) is 38.3 Å². The molecular weight excluding hydrogens is 490 g/mol. The van der Waals surface area contributed by atoms with E-state index in [-0.39, 0.29) is 17.3 Å². The van der Waals surface area contributed by atoms with Gasteiger partial charge in [-0.2, -0.15) is 0 Å². The molecule has 0 fully saturated rings. The van der Waals surface area contributed by atoms with Gasteiger partial charge in [0.1, 0.15) is 18.3 Å². The normalized spacial score (nSPS) is 11.9. The summed E-state index contributed by atoms with van der Waals surface area (Å²) in [6.07, 6.45) is 0. The van der Waals surface area contributed by atoms with Gasteiger partial charge >= 0.3 is 0 Å². The zero-order valence-electron chi connectivity index (χ0n) is 21.5. The number of hydrogen-bond acceptors (Lipinski definition) is 5. The van der Waals surface area contributed by atoms with Crippen LogP contribution < -0.4 is 14.4 Å². The molecule has 0 saturated heterocycles. The maximum Gasteiger partial charge on any atom is 0.264 e. The summed E-state index contributed by atoms with van der Waals surface area (Å²) in [5.41, 5.74) is 2.02. The molecule has 0 radical (unpaired) electrons. The first-order chi connectivity index (χ1) is 17.7. The highest BCUT2D eigenvalue weighted by Crippen LogP contribution is 2.25. The second-order valence-electron chi connectivity index (χ2n) is 8.60. The molecule has 0 spiro atoms. The van der Waals surface area contributed by atoms with Crippen LogP contribution in [0.5, 0.6) is 5.75 Å². The second kappa shape index (κ2) is 12.4. The Balaban J connectivity index is 2.00. The topological polar surface area (TPSA) is 96.0 Å². The molecule has 37 heavy (non-hydrogen) atoms. The molecule has 1 N–H and O–H groups in total. The second-order valence-corrected chi connectivity index (χ2v) is 10.5. The van der Waals surface area contributed by atoms with Gasteiger partial charge in [-0.15, -0.1) is 0 Å². The highest BCUT2D eigenvalue weighted by atomic mass is 32.2. The van der Waals surface area contributed by atoms with Crippen molar-refractivity contribution in [1.29, 1.82) is 0 Å². The molecule has 2 amide bonds. The fourth-order valence-corrected chi connectivity index (χ4v) is 5.25. The Morgan fingerprint density at radius 3 is 2.27 bits per heavy atom. The van der Waals surface area contributed by atoms with E-state index >= 15 is 0 Å².